The summed E-state index contributed by atoms with van der Waals surface area (Å²) < 4.78 is 0.912. The van der Waals surface area contributed by atoms with Gasteiger partial charge in [-0.2, -0.15) is 0 Å². The van der Waals surface area contributed by atoms with E-state index in [0.717, 1.165) is 16.7 Å². The fraction of sp³-hybridized carbons (Fsp3) is 0.667. The van der Waals surface area contributed by atoms with Gasteiger partial charge in [0, 0.05) is 6.04 Å². The van der Waals surface area contributed by atoms with Gasteiger partial charge in [-0.3, -0.25) is 0 Å². The minimum atomic E-state index is 0.715. The molecule has 2 heterocycles. The molecule has 0 aromatic carbocycles. The maximum atomic E-state index is 5.91. The number of hydrogen-bond donors (Lipinski definition) is 1. The quantitative estimate of drug-likeness (QED) is 0.853. The maximum absolute atomic E-state index is 5.91. The van der Waals surface area contributed by atoms with E-state index in [0.29, 0.717) is 6.04 Å². The molecule has 15 heavy (non-hydrogen) atoms. The Hall–Kier alpha value is -0.0500. The van der Waals surface area contributed by atoms with Crippen LogP contribution in [-0.2, 0) is 6.42 Å². The summed E-state index contributed by atoms with van der Waals surface area (Å²) in [5.74, 6) is 0.891. The molecule has 2 rings (SSSR count). The van der Waals surface area contributed by atoms with Gasteiger partial charge in [0.25, 0.3) is 0 Å². The van der Waals surface area contributed by atoms with Crippen LogP contribution in [0.5, 0.6) is 0 Å². The first-order valence-electron chi connectivity index (χ1n) is 5.70. The van der Waals surface area contributed by atoms with Crippen LogP contribution in [0.1, 0.15) is 31.7 Å². The first-order chi connectivity index (χ1) is 7.24. The zero-order valence-corrected chi connectivity index (χ0v) is 10.7. The normalized spacial score (nSPS) is 26.8. The molecule has 0 amide bonds. The third kappa shape index (κ3) is 3.47. The van der Waals surface area contributed by atoms with Crippen molar-refractivity contribution >= 4 is 22.9 Å². The highest BCUT2D eigenvalue weighted by atomic mass is 35.5. The molecule has 0 aliphatic carbocycles. The average Bonchev–Trinajstić information content (AvgIpc) is 2.62. The first-order valence-corrected chi connectivity index (χ1v) is 6.96. The van der Waals surface area contributed by atoms with Crippen LogP contribution in [0.2, 0.25) is 4.34 Å². The van der Waals surface area contributed by atoms with E-state index in [1.807, 2.05) is 0 Å². The Labute approximate surface area is 101 Å². The van der Waals surface area contributed by atoms with Crippen LogP contribution in [0.15, 0.2) is 11.4 Å². The van der Waals surface area contributed by atoms with E-state index in [9.17, 15) is 0 Å². The monoisotopic (exact) mass is 243 g/mol. The van der Waals surface area contributed by atoms with Gasteiger partial charge in [0.05, 0.1) is 4.34 Å². The number of nitrogens with one attached hydrogen (secondary N) is 1. The van der Waals surface area contributed by atoms with Gasteiger partial charge in [-0.25, -0.2) is 0 Å². The fourth-order valence-corrected chi connectivity index (χ4v) is 3.20. The Morgan fingerprint density at radius 3 is 3.13 bits per heavy atom. The highest BCUT2D eigenvalue weighted by molar-refractivity contribution is 7.14. The van der Waals surface area contributed by atoms with E-state index in [2.05, 4.69) is 23.7 Å². The molecule has 1 saturated heterocycles. The molecular weight excluding hydrogens is 226 g/mol. The summed E-state index contributed by atoms with van der Waals surface area (Å²) in [7, 11) is 0. The number of aryl methyl sites for hydroxylation is 1. The molecule has 0 spiro atoms. The van der Waals surface area contributed by atoms with Crippen molar-refractivity contribution in [3.63, 3.8) is 0 Å². The SMILES string of the molecule is CC1CCNC(CCc2csc(Cl)c2)C1. The van der Waals surface area contributed by atoms with Gasteiger partial charge in [-0.05, 0) is 55.2 Å². The zero-order chi connectivity index (χ0) is 10.7. The Bertz CT molecular complexity index is 310. The van der Waals surface area contributed by atoms with Gasteiger partial charge < -0.3 is 5.32 Å². The third-order valence-electron chi connectivity index (χ3n) is 3.16. The number of rotatable bonds is 3. The molecule has 1 aromatic rings. The van der Waals surface area contributed by atoms with Crippen LogP contribution in [0.25, 0.3) is 0 Å². The molecule has 1 N–H and O–H groups in total. The van der Waals surface area contributed by atoms with Gasteiger partial charge in [-0.15, -0.1) is 11.3 Å². The Balaban J connectivity index is 1.77. The fourth-order valence-electron chi connectivity index (χ4n) is 2.26. The molecular formula is C12H18ClNS. The molecule has 0 radical (unpaired) electrons. The lowest BCUT2D eigenvalue weighted by Crippen LogP contribution is -2.37. The van der Waals surface area contributed by atoms with E-state index in [1.165, 1.54) is 31.4 Å². The van der Waals surface area contributed by atoms with Crippen LogP contribution in [0.4, 0.5) is 0 Å². The van der Waals surface area contributed by atoms with Crippen LogP contribution >= 0.6 is 22.9 Å². The second-order valence-electron chi connectivity index (χ2n) is 4.58. The second kappa shape index (κ2) is 5.33. The van der Waals surface area contributed by atoms with Crippen LogP contribution in [-0.4, -0.2) is 12.6 Å². The van der Waals surface area contributed by atoms with Gasteiger partial charge in [-0.1, -0.05) is 18.5 Å². The lowest BCUT2D eigenvalue weighted by Gasteiger charge is -2.28. The summed E-state index contributed by atoms with van der Waals surface area (Å²) in [6.45, 7) is 3.55. The van der Waals surface area contributed by atoms with Crippen molar-refractivity contribution in [1.82, 2.24) is 5.32 Å². The van der Waals surface area contributed by atoms with E-state index >= 15 is 0 Å². The van der Waals surface area contributed by atoms with E-state index in [1.54, 1.807) is 11.3 Å². The Kier molecular flexibility index (Phi) is 4.06. The first kappa shape index (κ1) is 11.4. The van der Waals surface area contributed by atoms with Crippen molar-refractivity contribution in [3.8, 4) is 0 Å². The Morgan fingerprint density at radius 1 is 1.60 bits per heavy atom. The van der Waals surface area contributed by atoms with Crippen molar-refractivity contribution in [3.05, 3.63) is 21.3 Å². The van der Waals surface area contributed by atoms with Crippen LogP contribution in [0.3, 0.4) is 0 Å². The molecule has 1 fully saturated rings. The highest BCUT2D eigenvalue weighted by Crippen LogP contribution is 2.23. The van der Waals surface area contributed by atoms with Gasteiger partial charge in [0.15, 0.2) is 0 Å². The smallest absolute Gasteiger partial charge is 0.0931 e. The second-order valence-corrected chi connectivity index (χ2v) is 6.12. The molecule has 1 aromatic heterocycles. The summed E-state index contributed by atoms with van der Waals surface area (Å²) in [5, 5.41) is 5.77. The molecule has 0 bridgehead atoms. The van der Waals surface area contributed by atoms with E-state index in [4.69, 9.17) is 11.6 Å². The molecule has 0 saturated carbocycles. The van der Waals surface area contributed by atoms with Gasteiger partial charge >= 0.3 is 0 Å². The third-order valence-corrected chi connectivity index (χ3v) is 4.30. The molecule has 3 heteroatoms. The van der Waals surface area contributed by atoms with Crippen LogP contribution in [0, 0.1) is 5.92 Å². The van der Waals surface area contributed by atoms with Crippen molar-refractivity contribution in [1.29, 1.82) is 0 Å². The van der Waals surface area contributed by atoms with Crippen molar-refractivity contribution in [2.24, 2.45) is 5.92 Å². The summed E-state index contributed by atoms with van der Waals surface area (Å²) >= 11 is 7.54. The summed E-state index contributed by atoms with van der Waals surface area (Å²) in [4.78, 5) is 0. The molecule has 2 unspecified atom stereocenters. The van der Waals surface area contributed by atoms with Crippen molar-refractivity contribution < 1.29 is 0 Å². The van der Waals surface area contributed by atoms with Gasteiger partial charge in [0.2, 0.25) is 0 Å². The average molecular weight is 244 g/mol. The zero-order valence-electron chi connectivity index (χ0n) is 9.13. The van der Waals surface area contributed by atoms with E-state index < -0.39 is 0 Å². The minimum Gasteiger partial charge on any atom is -0.314 e. The maximum Gasteiger partial charge on any atom is 0.0931 e. The lowest BCUT2D eigenvalue weighted by atomic mass is 9.91. The molecule has 1 nitrogen and oxygen atoms in total. The van der Waals surface area contributed by atoms with Crippen molar-refractivity contribution in [2.75, 3.05) is 6.54 Å². The lowest BCUT2D eigenvalue weighted by molar-refractivity contribution is 0.308. The van der Waals surface area contributed by atoms with Crippen molar-refractivity contribution in [2.45, 2.75) is 38.6 Å². The predicted octanol–water partition coefficient (Wildman–Crippen LogP) is 3.72. The van der Waals surface area contributed by atoms with E-state index in [-0.39, 0.29) is 0 Å². The topological polar surface area (TPSA) is 12.0 Å². The molecule has 2 atom stereocenters. The molecule has 1 aliphatic heterocycles. The highest BCUT2D eigenvalue weighted by Gasteiger charge is 2.17. The van der Waals surface area contributed by atoms with Crippen LogP contribution < -0.4 is 5.32 Å². The standard InChI is InChI=1S/C12H18ClNS/c1-9-4-5-14-11(6-9)3-2-10-7-12(13)15-8-10/h7-9,11,14H,2-6H2,1H3. The molecule has 1 aliphatic rings. The largest absolute Gasteiger partial charge is 0.314 e. The number of halogens is 1. The van der Waals surface area contributed by atoms with Gasteiger partial charge in [0.1, 0.15) is 0 Å². The predicted molar refractivity (Wildman–Crippen MR) is 67.8 cm³/mol. The number of piperidine rings is 1. The minimum absolute atomic E-state index is 0.715. The number of thiophene rings is 1. The summed E-state index contributed by atoms with van der Waals surface area (Å²) in [5.41, 5.74) is 1.39. The Morgan fingerprint density at radius 2 is 2.47 bits per heavy atom. The summed E-state index contributed by atoms with van der Waals surface area (Å²) in [6, 6.07) is 2.81. The number of hydrogen-bond acceptors (Lipinski definition) is 2. The molecule has 84 valence electrons. The summed E-state index contributed by atoms with van der Waals surface area (Å²) in [6.07, 6.45) is 5.07.